The van der Waals surface area contributed by atoms with E-state index in [4.69, 9.17) is 4.79 Å². The maximum absolute atomic E-state index is 10.7. The SMILES string of the molecule is C=C(C)C(=O)OCCOC(C)=O.CC=O. The van der Waals surface area contributed by atoms with Crippen molar-refractivity contribution >= 4 is 18.2 Å². The van der Waals surface area contributed by atoms with Gasteiger partial charge in [0.1, 0.15) is 19.5 Å². The third-order valence-corrected chi connectivity index (χ3v) is 0.970. The number of carbonyl (C=O) groups excluding carboxylic acids is 3. The molecule has 0 N–H and O–H groups in total. The summed E-state index contributed by atoms with van der Waals surface area (Å²) < 4.78 is 9.16. The van der Waals surface area contributed by atoms with Gasteiger partial charge < -0.3 is 14.3 Å². The minimum atomic E-state index is -0.470. The summed E-state index contributed by atoms with van der Waals surface area (Å²) in [5.41, 5.74) is 0.331. The van der Waals surface area contributed by atoms with Crippen LogP contribution in [0.5, 0.6) is 0 Å². The van der Waals surface area contributed by atoms with E-state index >= 15 is 0 Å². The van der Waals surface area contributed by atoms with Crippen LogP contribution < -0.4 is 0 Å². The molecule has 0 spiro atoms. The third-order valence-electron chi connectivity index (χ3n) is 0.970. The molecule has 86 valence electrons. The van der Waals surface area contributed by atoms with Crippen molar-refractivity contribution in [3.05, 3.63) is 12.2 Å². The molecule has 0 aliphatic heterocycles. The molecule has 0 saturated heterocycles. The Morgan fingerprint density at radius 2 is 1.60 bits per heavy atom. The summed E-state index contributed by atoms with van der Waals surface area (Å²) in [6, 6.07) is 0. The minimum Gasteiger partial charge on any atom is -0.462 e. The van der Waals surface area contributed by atoms with Crippen molar-refractivity contribution in [2.24, 2.45) is 0 Å². The van der Waals surface area contributed by atoms with E-state index in [9.17, 15) is 9.59 Å². The first-order valence-corrected chi connectivity index (χ1v) is 4.31. The molecule has 0 aliphatic carbocycles. The van der Waals surface area contributed by atoms with E-state index in [1.54, 1.807) is 6.92 Å². The molecule has 0 saturated carbocycles. The average Bonchev–Trinajstić information content (AvgIpc) is 2.12. The van der Waals surface area contributed by atoms with Gasteiger partial charge in [0.05, 0.1) is 0 Å². The first-order chi connectivity index (χ1) is 6.95. The zero-order valence-electron chi connectivity index (χ0n) is 9.24. The molecule has 0 aromatic carbocycles. The van der Waals surface area contributed by atoms with Crippen LogP contribution in [0.1, 0.15) is 20.8 Å². The summed E-state index contributed by atoms with van der Waals surface area (Å²) in [5, 5.41) is 0. The number of esters is 2. The predicted molar refractivity (Wildman–Crippen MR) is 54.1 cm³/mol. The van der Waals surface area contributed by atoms with Gasteiger partial charge >= 0.3 is 11.9 Å². The van der Waals surface area contributed by atoms with Crippen molar-refractivity contribution in [1.29, 1.82) is 0 Å². The smallest absolute Gasteiger partial charge is 0.333 e. The Hall–Kier alpha value is -1.65. The zero-order valence-corrected chi connectivity index (χ0v) is 9.24. The molecule has 5 nitrogen and oxygen atoms in total. The third kappa shape index (κ3) is 15.1. The van der Waals surface area contributed by atoms with Crippen molar-refractivity contribution < 1.29 is 23.9 Å². The van der Waals surface area contributed by atoms with Crippen molar-refractivity contribution in [3.8, 4) is 0 Å². The number of rotatable bonds is 4. The van der Waals surface area contributed by atoms with E-state index in [-0.39, 0.29) is 19.2 Å². The standard InChI is InChI=1S/C8H12O4.C2H4O/c1-6(2)8(10)12-5-4-11-7(3)9;1-2-3/h1,4-5H2,2-3H3;2H,1H3. The summed E-state index contributed by atoms with van der Waals surface area (Å²) in [6.07, 6.45) is 0.750. The summed E-state index contributed by atoms with van der Waals surface area (Å²) in [7, 11) is 0. The first kappa shape index (κ1) is 15.8. The first-order valence-electron chi connectivity index (χ1n) is 4.31. The van der Waals surface area contributed by atoms with Crippen molar-refractivity contribution in [1.82, 2.24) is 0 Å². The molecule has 0 radical (unpaired) electrons. The highest BCUT2D eigenvalue weighted by molar-refractivity contribution is 5.86. The van der Waals surface area contributed by atoms with Gasteiger partial charge in [-0.25, -0.2) is 4.79 Å². The van der Waals surface area contributed by atoms with Crippen LogP contribution in [0, 0.1) is 0 Å². The molecule has 0 amide bonds. The lowest BCUT2D eigenvalue weighted by atomic mass is 10.4. The van der Waals surface area contributed by atoms with E-state index in [1.165, 1.54) is 13.8 Å². The molecule has 0 rings (SSSR count). The molecule has 0 unspecified atom stereocenters. The van der Waals surface area contributed by atoms with Gasteiger partial charge in [-0.2, -0.15) is 0 Å². The second-order valence-corrected chi connectivity index (χ2v) is 2.49. The lowest BCUT2D eigenvalue weighted by Crippen LogP contribution is -2.12. The Kier molecular flexibility index (Phi) is 11.0. The number of aldehydes is 1. The van der Waals surface area contributed by atoms with E-state index in [2.05, 4.69) is 16.1 Å². The van der Waals surface area contributed by atoms with Crippen LogP contribution in [0.25, 0.3) is 0 Å². The van der Waals surface area contributed by atoms with Crippen molar-refractivity contribution in [2.45, 2.75) is 20.8 Å². The average molecular weight is 216 g/mol. The van der Waals surface area contributed by atoms with Crippen LogP contribution in [-0.4, -0.2) is 31.4 Å². The van der Waals surface area contributed by atoms with Gasteiger partial charge in [-0.3, -0.25) is 4.79 Å². The Morgan fingerprint density at radius 1 is 1.20 bits per heavy atom. The van der Waals surface area contributed by atoms with Crippen LogP contribution in [0.2, 0.25) is 0 Å². The van der Waals surface area contributed by atoms with E-state index in [0.29, 0.717) is 5.57 Å². The largest absolute Gasteiger partial charge is 0.462 e. The highest BCUT2D eigenvalue weighted by Gasteiger charge is 2.02. The van der Waals surface area contributed by atoms with Gasteiger partial charge in [-0.15, -0.1) is 0 Å². The molecule has 5 heteroatoms. The molecule has 0 aromatic heterocycles. The molecule has 15 heavy (non-hydrogen) atoms. The minimum absolute atomic E-state index is 0.0747. The van der Waals surface area contributed by atoms with Crippen molar-refractivity contribution in [2.75, 3.05) is 13.2 Å². The summed E-state index contributed by atoms with van der Waals surface area (Å²) in [5.74, 6) is -0.858. The van der Waals surface area contributed by atoms with Gasteiger partial charge in [0.25, 0.3) is 0 Å². The van der Waals surface area contributed by atoms with Gasteiger partial charge in [0.15, 0.2) is 0 Å². The van der Waals surface area contributed by atoms with Crippen LogP contribution in [0.4, 0.5) is 0 Å². The molecule has 0 aliphatic rings. The Balaban J connectivity index is 0. The molecular weight excluding hydrogens is 200 g/mol. The van der Waals surface area contributed by atoms with Crippen LogP contribution in [0.3, 0.4) is 0 Å². The van der Waals surface area contributed by atoms with Crippen molar-refractivity contribution in [3.63, 3.8) is 0 Å². The maximum Gasteiger partial charge on any atom is 0.333 e. The quantitative estimate of drug-likeness (QED) is 0.302. The number of carbonyl (C=O) groups is 3. The van der Waals surface area contributed by atoms with Crippen LogP contribution in [-0.2, 0) is 23.9 Å². The molecule has 0 aromatic rings. The van der Waals surface area contributed by atoms with E-state index in [1.807, 2.05) is 0 Å². The topological polar surface area (TPSA) is 69.7 Å². The number of hydrogen-bond acceptors (Lipinski definition) is 5. The zero-order chi connectivity index (χ0) is 12.3. The normalized spacial score (nSPS) is 7.93. The second-order valence-electron chi connectivity index (χ2n) is 2.49. The Bertz CT molecular complexity index is 232. The fourth-order valence-electron chi connectivity index (χ4n) is 0.443. The highest BCUT2D eigenvalue weighted by Crippen LogP contribution is 1.91. The maximum atomic E-state index is 10.7. The predicted octanol–water partition coefficient (Wildman–Crippen LogP) is 0.874. The molecule has 0 fully saturated rings. The van der Waals surface area contributed by atoms with Crippen LogP contribution in [0.15, 0.2) is 12.2 Å². The van der Waals surface area contributed by atoms with Gasteiger partial charge in [0.2, 0.25) is 0 Å². The van der Waals surface area contributed by atoms with E-state index in [0.717, 1.165) is 6.29 Å². The van der Waals surface area contributed by atoms with Gasteiger partial charge in [0, 0.05) is 12.5 Å². The Labute approximate surface area is 89.1 Å². The molecular formula is C10H16O5. The fraction of sp³-hybridized carbons (Fsp3) is 0.500. The second kappa shape index (κ2) is 10.4. The van der Waals surface area contributed by atoms with Crippen LogP contribution >= 0.6 is 0 Å². The number of hydrogen-bond donors (Lipinski definition) is 0. The molecule has 0 bridgehead atoms. The fourth-order valence-corrected chi connectivity index (χ4v) is 0.443. The number of ether oxygens (including phenoxy) is 2. The summed E-state index contributed by atoms with van der Waals surface area (Å²) in [6.45, 7) is 7.84. The van der Waals surface area contributed by atoms with Gasteiger partial charge in [-0.1, -0.05) is 6.58 Å². The lowest BCUT2D eigenvalue weighted by Gasteiger charge is -2.03. The monoisotopic (exact) mass is 216 g/mol. The lowest BCUT2D eigenvalue weighted by molar-refractivity contribution is -0.148. The summed E-state index contributed by atoms with van der Waals surface area (Å²) in [4.78, 5) is 29.8. The molecule has 0 heterocycles. The Morgan fingerprint density at radius 3 is 1.93 bits per heavy atom. The van der Waals surface area contributed by atoms with E-state index < -0.39 is 5.97 Å². The van der Waals surface area contributed by atoms with Gasteiger partial charge in [-0.05, 0) is 13.8 Å². The highest BCUT2D eigenvalue weighted by atomic mass is 16.6. The molecule has 0 atom stereocenters. The summed E-state index contributed by atoms with van der Waals surface area (Å²) >= 11 is 0.